The molecule has 2 aliphatic heterocycles. The van der Waals surface area contributed by atoms with Gasteiger partial charge in [-0.3, -0.25) is 4.79 Å². The van der Waals surface area contributed by atoms with Crippen molar-refractivity contribution in [3.8, 4) is 0 Å². The van der Waals surface area contributed by atoms with E-state index >= 15 is 0 Å². The highest BCUT2D eigenvalue weighted by Crippen LogP contribution is 2.29. The standard InChI is InChI=1S/C14H23N5O/c1-14(2)5-8-18(10-14)13(20)12-9-19(17-16-12)11-3-6-15-7-4-11/h9,11,15H,3-8,10H2,1-2H3. The van der Waals surface area contributed by atoms with Crippen molar-refractivity contribution in [3.05, 3.63) is 11.9 Å². The molecule has 0 radical (unpaired) electrons. The Kier molecular flexibility index (Phi) is 3.50. The van der Waals surface area contributed by atoms with E-state index in [4.69, 9.17) is 0 Å². The molecule has 6 nitrogen and oxygen atoms in total. The summed E-state index contributed by atoms with van der Waals surface area (Å²) in [6.45, 7) is 8.05. The minimum absolute atomic E-state index is 0.0239. The summed E-state index contributed by atoms with van der Waals surface area (Å²) in [7, 11) is 0. The van der Waals surface area contributed by atoms with E-state index in [1.54, 1.807) is 0 Å². The average molecular weight is 277 g/mol. The van der Waals surface area contributed by atoms with Crippen LogP contribution in [-0.2, 0) is 0 Å². The van der Waals surface area contributed by atoms with Crippen molar-refractivity contribution in [2.24, 2.45) is 5.41 Å². The lowest BCUT2D eigenvalue weighted by atomic mass is 9.93. The summed E-state index contributed by atoms with van der Waals surface area (Å²) in [6.07, 6.45) is 4.98. The van der Waals surface area contributed by atoms with Crippen molar-refractivity contribution < 1.29 is 4.79 Å². The summed E-state index contributed by atoms with van der Waals surface area (Å²) in [5, 5.41) is 11.6. The van der Waals surface area contributed by atoms with Gasteiger partial charge in [-0.2, -0.15) is 0 Å². The number of aromatic nitrogens is 3. The van der Waals surface area contributed by atoms with Gasteiger partial charge in [0.2, 0.25) is 0 Å². The molecule has 2 fully saturated rings. The number of nitrogens with zero attached hydrogens (tertiary/aromatic N) is 4. The second-order valence-electron chi connectivity index (χ2n) is 6.71. The Morgan fingerprint density at radius 3 is 2.80 bits per heavy atom. The molecule has 1 N–H and O–H groups in total. The van der Waals surface area contributed by atoms with Gasteiger partial charge in [0.05, 0.1) is 12.2 Å². The second kappa shape index (κ2) is 5.16. The number of amides is 1. The van der Waals surface area contributed by atoms with Gasteiger partial charge in [0.15, 0.2) is 5.69 Å². The number of piperidine rings is 1. The summed E-state index contributed by atoms with van der Waals surface area (Å²) >= 11 is 0. The molecule has 0 atom stereocenters. The number of likely N-dealkylation sites (tertiary alicyclic amines) is 1. The molecule has 0 aliphatic carbocycles. The lowest BCUT2D eigenvalue weighted by Gasteiger charge is -2.22. The van der Waals surface area contributed by atoms with E-state index in [-0.39, 0.29) is 11.3 Å². The summed E-state index contributed by atoms with van der Waals surface area (Å²) in [5.74, 6) is 0.0239. The third-order valence-corrected chi connectivity index (χ3v) is 4.38. The summed E-state index contributed by atoms with van der Waals surface area (Å²) in [6, 6.07) is 0.375. The van der Waals surface area contributed by atoms with Crippen LogP contribution in [0.3, 0.4) is 0 Å². The maximum atomic E-state index is 12.4. The molecule has 6 heteroatoms. The number of hydrogen-bond donors (Lipinski definition) is 1. The van der Waals surface area contributed by atoms with E-state index in [0.717, 1.165) is 45.4 Å². The molecule has 0 aromatic carbocycles. The lowest BCUT2D eigenvalue weighted by Crippen LogP contribution is -2.31. The number of hydrogen-bond acceptors (Lipinski definition) is 4. The zero-order valence-corrected chi connectivity index (χ0v) is 12.3. The van der Waals surface area contributed by atoms with Gasteiger partial charge in [-0.15, -0.1) is 5.10 Å². The molecule has 0 unspecified atom stereocenters. The fourth-order valence-electron chi connectivity index (χ4n) is 3.07. The zero-order valence-electron chi connectivity index (χ0n) is 12.3. The molecule has 1 aromatic rings. The fraction of sp³-hybridized carbons (Fsp3) is 0.786. The van der Waals surface area contributed by atoms with E-state index in [1.165, 1.54) is 0 Å². The quantitative estimate of drug-likeness (QED) is 0.878. The smallest absolute Gasteiger partial charge is 0.276 e. The number of rotatable bonds is 2. The van der Waals surface area contributed by atoms with Crippen LogP contribution in [0.5, 0.6) is 0 Å². The van der Waals surface area contributed by atoms with Gasteiger partial charge in [0.25, 0.3) is 5.91 Å². The Balaban J connectivity index is 1.68. The highest BCUT2D eigenvalue weighted by Gasteiger charge is 2.33. The highest BCUT2D eigenvalue weighted by molar-refractivity contribution is 5.92. The number of nitrogens with one attached hydrogen (secondary N) is 1. The molecular formula is C14H23N5O. The molecule has 0 spiro atoms. The largest absolute Gasteiger partial charge is 0.337 e. The third kappa shape index (κ3) is 2.70. The Labute approximate surface area is 119 Å². The second-order valence-corrected chi connectivity index (χ2v) is 6.71. The maximum absolute atomic E-state index is 12.4. The molecule has 2 aliphatic rings. The summed E-state index contributed by atoms with van der Waals surface area (Å²) in [5.41, 5.74) is 0.710. The van der Waals surface area contributed by atoms with Crippen LogP contribution < -0.4 is 5.32 Å². The normalized spacial score (nSPS) is 23.2. The molecule has 1 amide bonds. The molecule has 1 aromatic heterocycles. The Morgan fingerprint density at radius 1 is 1.40 bits per heavy atom. The monoisotopic (exact) mass is 277 g/mol. The molecule has 2 saturated heterocycles. The minimum Gasteiger partial charge on any atom is -0.337 e. The Hall–Kier alpha value is -1.43. The van der Waals surface area contributed by atoms with E-state index < -0.39 is 0 Å². The zero-order chi connectivity index (χ0) is 14.2. The first-order chi connectivity index (χ1) is 9.55. The number of carbonyl (C=O) groups excluding carboxylic acids is 1. The van der Waals surface area contributed by atoms with Gasteiger partial charge in [0, 0.05) is 13.1 Å². The third-order valence-electron chi connectivity index (χ3n) is 4.38. The van der Waals surface area contributed by atoms with Gasteiger partial charge in [-0.05, 0) is 37.8 Å². The van der Waals surface area contributed by atoms with Crippen LogP contribution in [0, 0.1) is 5.41 Å². The summed E-state index contributed by atoms with van der Waals surface area (Å²) < 4.78 is 1.87. The Bertz CT molecular complexity index is 490. The van der Waals surface area contributed by atoms with Gasteiger partial charge >= 0.3 is 0 Å². The Morgan fingerprint density at radius 2 is 2.15 bits per heavy atom. The fourth-order valence-corrected chi connectivity index (χ4v) is 3.07. The average Bonchev–Trinajstić information content (AvgIpc) is 3.05. The van der Waals surface area contributed by atoms with Crippen molar-refractivity contribution in [1.82, 2.24) is 25.2 Å². The minimum atomic E-state index is 0.0239. The van der Waals surface area contributed by atoms with Crippen LogP contribution in [-0.4, -0.2) is 52.0 Å². The van der Waals surface area contributed by atoms with Crippen molar-refractivity contribution in [1.29, 1.82) is 0 Å². The lowest BCUT2D eigenvalue weighted by molar-refractivity contribution is 0.0772. The van der Waals surface area contributed by atoms with Crippen LogP contribution in [0.2, 0.25) is 0 Å². The summed E-state index contributed by atoms with van der Waals surface area (Å²) in [4.78, 5) is 14.3. The van der Waals surface area contributed by atoms with Crippen molar-refractivity contribution in [3.63, 3.8) is 0 Å². The molecular weight excluding hydrogens is 254 g/mol. The van der Waals surface area contributed by atoms with Crippen LogP contribution in [0.1, 0.15) is 49.6 Å². The molecule has 3 heterocycles. The predicted molar refractivity (Wildman–Crippen MR) is 75.5 cm³/mol. The van der Waals surface area contributed by atoms with Gasteiger partial charge < -0.3 is 10.2 Å². The van der Waals surface area contributed by atoms with Gasteiger partial charge in [-0.1, -0.05) is 19.1 Å². The van der Waals surface area contributed by atoms with E-state index in [2.05, 4.69) is 29.5 Å². The van der Waals surface area contributed by atoms with Crippen LogP contribution in [0.4, 0.5) is 0 Å². The molecule has 3 rings (SSSR count). The molecule has 0 saturated carbocycles. The number of carbonyl (C=O) groups is 1. The highest BCUT2D eigenvalue weighted by atomic mass is 16.2. The molecule has 20 heavy (non-hydrogen) atoms. The first kappa shape index (κ1) is 13.5. The SMILES string of the molecule is CC1(C)CCN(C(=O)c2cn(C3CCNCC3)nn2)C1. The van der Waals surface area contributed by atoms with Crippen LogP contribution >= 0.6 is 0 Å². The van der Waals surface area contributed by atoms with Gasteiger partial charge in [0.1, 0.15) is 0 Å². The topological polar surface area (TPSA) is 63.1 Å². The first-order valence-corrected chi connectivity index (χ1v) is 7.47. The molecule has 110 valence electrons. The van der Waals surface area contributed by atoms with E-state index in [9.17, 15) is 4.79 Å². The predicted octanol–water partition coefficient (Wildman–Crippen LogP) is 1.07. The van der Waals surface area contributed by atoms with E-state index in [0.29, 0.717) is 11.7 Å². The first-order valence-electron chi connectivity index (χ1n) is 7.47. The van der Waals surface area contributed by atoms with E-state index in [1.807, 2.05) is 15.8 Å². The van der Waals surface area contributed by atoms with Gasteiger partial charge in [-0.25, -0.2) is 4.68 Å². The molecule has 0 bridgehead atoms. The van der Waals surface area contributed by atoms with Crippen molar-refractivity contribution in [2.45, 2.75) is 39.2 Å². The maximum Gasteiger partial charge on any atom is 0.276 e. The van der Waals surface area contributed by atoms with Crippen molar-refractivity contribution >= 4 is 5.91 Å². The van der Waals surface area contributed by atoms with Crippen LogP contribution in [0.25, 0.3) is 0 Å². The van der Waals surface area contributed by atoms with Crippen molar-refractivity contribution in [2.75, 3.05) is 26.2 Å². The van der Waals surface area contributed by atoms with Crippen LogP contribution in [0.15, 0.2) is 6.20 Å².